The maximum absolute atomic E-state index is 13.0. The molecule has 0 saturated heterocycles. The standard InChI is InChI=1S/C28H24Cl2N2O4S/c1-2-35-28(34)25-21-5-3-4-6-24(21)37-27(25)32-26(33)19(15-31)13-17-7-10-20(11-8-17)36-16-18-9-12-22(29)23(30)14-18/h7-14H,2-6,16H2,1H3,(H,32,33)/b19-13+. The second-order valence-electron chi connectivity index (χ2n) is 8.37. The third-order valence-corrected chi connectivity index (χ3v) is 7.77. The number of aryl methyl sites for hydroxylation is 1. The van der Waals surface area contributed by atoms with Gasteiger partial charge in [0, 0.05) is 4.88 Å². The number of hydrogen-bond acceptors (Lipinski definition) is 6. The van der Waals surface area contributed by atoms with Crippen molar-refractivity contribution < 1.29 is 19.1 Å². The number of halogens is 2. The molecule has 1 aliphatic rings. The average molecular weight is 555 g/mol. The van der Waals surface area contributed by atoms with Crippen molar-refractivity contribution in [2.75, 3.05) is 11.9 Å². The number of ether oxygens (including phenoxy) is 2. The maximum atomic E-state index is 13.0. The molecule has 4 rings (SSSR count). The first-order chi connectivity index (χ1) is 17.9. The van der Waals surface area contributed by atoms with Gasteiger partial charge in [0.15, 0.2) is 0 Å². The van der Waals surface area contributed by atoms with Gasteiger partial charge in [0.1, 0.15) is 29.0 Å². The van der Waals surface area contributed by atoms with Gasteiger partial charge in [0.25, 0.3) is 5.91 Å². The number of esters is 1. The van der Waals surface area contributed by atoms with Crippen LogP contribution in [0.2, 0.25) is 10.0 Å². The Balaban J connectivity index is 1.46. The maximum Gasteiger partial charge on any atom is 0.341 e. The molecule has 0 bridgehead atoms. The normalized spacial score (nSPS) is 12.9. The van der Waals surface area contributed by atoms with Crippen LogP contribution in [0.1, 0.15) is 51.7 Å². The van der Waals surface area contributed by atoms with Crippen molar-refractivity contribution in [2.45, 2.75) is 39.2 Å². The molecule has 1 aromatic heterocycles. The molecule has 1 aliphatic carbocycles. The lowest BCUT2D eigenvalue weighted by atomic mass is 9.95. The second kappa shape index (κ2) is 12.3. The molecule has 0 atom stereocenters. The van der Waals surface area contributed by atoms with E-state index in [1.54, 1.807) is 43.3 Å². The van der Waals surface area contributed by atoms with Gasteiger partial charge in [-0.3, -0.25) is 4.79 Å². The quantitative estimate of drug-likeness (QED) is 0.180. The van der Waals surface area contributed by atoms with Crippen LogP contribution in [-0.4, -0.2) is 18.5 Å². The van der Waals surface area contributed by atoms with Crippen LogP contribution >= 0.6 is 34.5 Å². The van der Waals surface area contributed by atoms with E-state index in [2.05, 4.69) is 5.32 Å². The lowest BCUT2D eigenvalue weighted by molar-refractivity contribution is -0.112. The fourth-order valence-electron chi connectivity index (χ4n) is 4.02. The number of hydrogen-bond donors (Lipinski definition) is 1. The number of nitriles is 1. The molecule has 0 fully saturated rings. The molecular weight excluding hydrogens is 531 g/mol. The Morgan fingerprint density at radius 2 is 1.86 bits per heavy atom. The van der Waals surface area contributed by atoms with E-state index in [4.69, 9.17) is 32.7 Å². The predicted octanol–water partition coefficient (Wildman–Crippen LogP) is 7.24. The van der Waals surface area contributed by atoms with E-state index in [0.717, 1.165) is 41.7 Å². The van der Waals surface area contributed by atoms with Crippen LogP contribution < -0.4 is 10.1 Å². The Kier molecular flexibility index (Phi) is 8.88. The van der Waals surface area contributed by atoms with E-state index < -0.39 is 11.9 Å². The van der Waals surface area contributed by atoms with Crippen molar-refractivity contribution in [3.05, 3.63) is 85.2 Å². The van der Waals surface area contributed by atoms with Gasteiger partial charge in [0.2, 0.25) is 0 Å². The summed E-state index contributed by atoms with van der Waals surface area (Å²) in [5, 5.41) is 13.8. The van der Waals surface area contributed by atoms with Crippen LogP contribution in [0.5, 0.6) is 5.75 Å². The first-order valence-corrected chi connectivity index (χ1v) is 13.4. The zero-order valence-corrected chi connectivity index (χ0v) is 22.4. The summed E-state index contributed by atoms with van der Waals surface area (Å²) in [4.78, 5) is 26.7. The molecule has 3 aromatic rings. The van der Waals surface area contributed by atoms with Crippen molar-refractivity contribution in [3.63, 3.8) is 0 Å². The molecule has 0 spiro atoms. The molecule has 0 aliphatic heterocycles. The number of fused-ring (bicyclic) bond motifs is 1. The first kappa shape index (κ1) is 26.7. The Morgan fingerprint density at radius 3 is 2.57 bits per heavy atom. The molecule has 2 aromatic carbocycles. The monoisotopic (exact) mass is 554 g/mol. The number of carbonyl (C=O) groups is 2. The fourth-order valence-corrected chi connectivity index (χ4v) is 5.61. The molecule has 1 N–H and O–H groups in total. The number of thiophene rings is 1. The molecule has 0 saturated carbocycles. The molecule has 6 nitrogen and oxygen atoms in total. The average Bonchev–Trinajstić information content (AvgIpc) is 3.26. The second-order valence-corrected chi connectivity index (χ2v) is 10.3. The summed E-state index contributed by atoms with van der Waals surface area (Å²) in [6.07, 6.45) is 5.16. The number of carbonyl (C=O) groups excluding carboxylic acids is 2. The van der Waals surface area contributed by atoms with E-state index in [-0.39, 0.29) is 12.2 Å². The molecule has 9 heteroatoms. The van der Waals surface area contributed by atoms with Gasteiger partial charge < -0.3 is 14.8 Å². The van der Waals surface area contributed by atoms with Gasteiger partial charge in [-0.05, 0) is 79.6 Å². The zero-order chi connectivity index (χ0) is 26.4. The van der Waals surface area contributed by atoms with E-state index in [0.29, 0.717) is 38.5 Å². The highest BCUT2D eigenvalue weighted by atomic mass is 35.5. The molecule has 190 valence electrons. The first-order valence-electron chi connectivity index (χ1n) is 11.8. The van der Waals surface area contributed by atoms with Crippen LogP contribution in [0.3, 0.4) is 0 Å². The summed E-state index contributed by atoms with van der Waals surface area (Å²) >= 11 is 13.4. The Morgan fingerprint density at radius 1 is 1.11 bits per heavy atom. The topological polar surface area (TPSA) is 88.4 Å². The largest absolute Gasteiger partial charge is 0.489 e. The fraction of sp³-hybridized carbons (Fsp3) is 0.250. The van der Waals surface area contributed by atoms with Crippen LogP contribution in [-0.2, 0) is 29.0 Å². The molecule has 37 heavy (non-hydrogen) atoms. The van der Waals surface area contributed by atoms with Gasteiger partial charge in [-0.1, -0.05) is 41.4 Å². The summed E-state index contributed by atoms with van der Waals surface area (Å²) < 4.78 is 11.0. The van der Waals surface area contributed by atoms with Crippen LogP contribution in [0.25, 0.3) is 6.08 Å². The number of rotatable bonds is 8. The number of nitrogens with zero attached hydrogens (tertiary/aromatic N) is 1. The SMILES string of the molecule is CCOC(=O)c1c(NC(=O)/C(C#N)=C/c2ccc(OCc3ccc(Cl)c(Cl)c3)cc2)sc2c1CCCC2. The van der Waals surface area contributed by atoms with Crippen molar-refractivity contribution in [3.8, 4) is 11.8 Å². The molecule has 0 unspecified atom stereocenters. The minimum absolute atomic E-state index is 0.0781. The Hall–Kier alpha value is -3.31. The zero-order valence-electron chi connectivity index (χ0n) is 20.1. The molecule has 0 radical (unpaired) electrons. The minimum atomic E-state index is -0.577. The highest BCUT2D eigenvalue weighted by Gasteiger charge is 2.27. The highest BCUT2D eigenvalue weighted by Crippen LogP contribution is 2.39. The number of amides is 1. The summed E-state index contributed by atoms with van der Waals surface area (Å²) in [6, 6.07) is 14.3. The Labute approximate surface area is 229 Å². The van der Waals surface area contributed by atoms with E-state index in [1.807, 2.05) is 12.1 Å². The third-order valence-electron chi connectivity index (χ3n) is 5.82. The lowest BCUT2D eigenvalue weighted by Gasteiger charge is -2.12. The van der Waals surface area contributed by atoms with Crippen LogP contribution in [0.4, 0.5) is 5.00 Å². The summed E-state index contributed by atoms with van der Waals surface area (Å²) in [5.41, 5.74) is 2.81. The van der Waals surface area contributed by atoms with E-state index in [9.17, 15) is 14.9 Å². The van der Waals surface area contributed by atoms with Crippen molar-refractivity contribution >= 4 is 57.5 Å². The lowest BCUT2D eigenvalue weighted by Crippen LogP contribution is -2.16. The number of anilines is 1. The van der Waals surface area contributed by atoms with Gasteiger partial charge in [0.05, 0.1) is 22.2 Å². The minimum Gasteiger partial charge on any atom is -0.489 e. The van der Waals surface area contributed by atoms with E-state index >= 15 is 0 Å². The van der Waals surface area contributed by atoms with Gasteiger partial charge in [-0.25, -0.2) is 4.79 Å². The number of benzene rings is 2. The third kappa shape index (κ3) is 6.53. The smallest absolute Gasteiger partial charge is 0.341 e. The Bertz CT molecular complexity index is 1390. The van der Waals surface area contributed by atoms with Crippen LogP contribution in [0, 0.1) is 11.3 Å². The van der Waals surface area contributed by atoms with Gasteiger partial charge >= 0.3 is 5.97 Å². The van der Waals surface area contributed by atoms with Crippen molar-refractivity contribution in [1.29, 1.82) is 5.26 Å². The van der Waals surface area contributed by atoms with E-state index in [1.165, 1.54) is 17.4 Å². The van der Waals surface area contributed by atoms with Crippen molar-refractivity contribution in [2.24, 2.45) is 0 Å². The molecular formula is C28H24Cl2N2O4S. The van der Waals surface area contributed by atoms with Gasteiger partial charge in [-0.15, -0.1) is 11.3 Å². The number of nitrogens with one attached hydrogen (secondary N) is 1. The summed E-state index contributed by atoms with van der Waals surface area (Å²) in [7, 11) is 0. The predicted molar refractivity (Wildman–Crippen MR) is 146 cm³/mol. The summed E-state index contributed by atoms with van der Waals surface area (Å²) in [6.45, 7) is 2.30. The molecule has 1 heterocycles. The van der Waals surface area contributed by atoms with Gasteiger partial charge in [-0.2, -0.15) is 5.26 Å². The highest BCUT2D eigenvalue weighted by molar-refractivity contribution is 7.17. The summed E-state index contributed by atoms with van der Waals surface area (Å²) in [5.74, 6) is -0.405. The van der Waals surface area contributed by atoms with Crippen molar-refractivity contribution in [1.82, 2.24) is 0 Å². The molecule has 1 amide bonds. The van der Waals surface area contributed by atoms with Crippen LogP contribution in [0.15, 0.2) is 48.0 Å².